The molecule has 0 aromatic carbocycles. The van der Waals surface area contributed by atoms with Crippen molar-refractivity contribution >= 4 is 11.6 Å². The number of likely N-dealkylation sites (N-methyl/N-ethyl adjacent to an activating group) is 1. The summed E-state index contributed by atoms with van der Waals surface area (Å²) < 4.78 is 1.63. The van der Waals surface area contributed by atoms with Crippen LogP contribution >= 0.6 is 0 Å². The molecular formula is C15H19N5O. The van der Waals surface area contributed by atoms with E-state index in [-0.39, 0.29) is 18.5 Å². The molecule has 0 bridgehead atoms. The fourth-order valence-corrected chi connectivity index (χ4v) is 2.70. The standard InChI is InChI=1S/C15H19N5O/c1-16-14(21)10-20-9-12(8-18-20)19-13-6-2-4-11-5-3-7-17-15(11)13/h3,5,7-9,13,19H,2,4,6,10H2,1H3,(H,16,21). The molecule has 6 heteroatoms. The van der Waals surface area contributed by atoms with Gasteiger partial charge in [-0.05, 0) is 30.9 Å². The molecule has 1 unspecified atom stereocenters. The zero-order valence-electron chi connectivity index (χ0n) is 12.0. The first-order valence-electron chi connectivity index (χ1n) is 7.19. The summed E-state index contributed by atoms with van der Waals surface area (Å²) in [7, 11) is 1.62. The molecule has 2 heterocycles. The Bertz CT molecular complexity index is 636. The monoisotopic (exact) mass is 285 g/mol. The molecule has 0 saturated carbocycles. The number of aromatic nitrogens is 3. The molecule has 0 radical (unpaired) electrons. The molecule has 1 amide bonds. The van der Waals surface area contributed by atoms with E-state index in [0.717, 1.165) is 30.6 Å². The highest BCUT2D eigenvalue weighted by Crippen LogP contribution is 2.30. The molecule has 2 N–H and O–H groups in total. The summed E-state index contributed by atoms with van der Waals surface area (Å²) in [4.78, 5) is 15.9. The van der Waals surface area contributed by atoms with E-state index in [2.05, 4.69) is 26.8 Å². The van der Waals surface area contributed by atoms with Crippen LogP contribution in [0.3, 0.4) is 0 Å². The largest absolute Gasteiger partial charge is 0.374 e. The van der Waals surface area contributed by atoms with Crippen LogP contribution in [0.4, 0.5) is 5.69 Å². The van der Waals surface area contributed by atoms with Gasteiger partial charge in [-0.1, -0.05) is 6.07 Å². The topological polar surface area (TPSA) is 71.8 Å². The second-order valence-electron chi connectivity index (χ2n) is 5.24. The summed E-state index contributed by atoms with van der Waals surface area (Å²) in [5.41, 5.74) is 3.37. The predicted molar refractivity (Wildman–Crippen MR) is 79.8 cm³/mol. The maximum absolute atomic E-state index is 11.3. The number of rotatable bonds is 4. The second-order valence-corrected chi connectivity index (χ2v) is 5.24. The molecule has 1 atom stereocenters. The average Bonchev–Trinajstić information content (AvgIpc) is 2.94. The summed E-state index contributed by atoms with van der Waals surface area (Å²) in [6.45, 7) is 0.234. The number of carbonyl (C=O) groups is 1. The van der Waals surface area contributed by atoms with E-state index in [4.69, 9.17) is 0 Å². The van der Waals surface area contributed by atoms with Crippen molar-refractivity contribution < 1.29 is 4.79 Å². The summed E-state index contributed by atoms with van der Waals surface area (Å²) in [5.74, 6) is -0.0608. The minimum atomic E-state index is -0.0608. The van der Waals surface area contributed by atoms with Crippen LogP contribution in [0.2, 0.25) is 0 Å². The van der Waals surface area contributed by atoms with E-state index < -0.39 is 0 Å². The Hall–Kier alpha value is -2.37. The van der Waals surface area contributed by atoms with Gasteiger partial charge in [0.2, 0.25) is 5.91 Å². The van der Waals surface area contributed by atoms with Crippen LogP contribution in [0.15, 0.2) is 30.7 Å². The van der Waals surface area contributed by atoms with Crippen LogP contribution in [0.1, 0.15) is 30.1 Å². The zero-order chi connectivity index (χ0) is 14.7. The van der Waals surface area contributed by atoms with Crippen molar-refractivity contribution in [3.8, 4) is 0 Å². The molecule has 6 nitrogen and oxygen atoms in total. The molecule has 1 aliphatic rings. The molecule has 0 spiro atoms. The van der Waals surface area contributed by atoms with Crippen LogP contribution in [-0.4, -0.2) is 27.7 Å². The van der Waals surface area contributed by atoms with Gasteiger partial charge in [-0.25, -0.2) is 0 Å². The summed E-state index contributed by atoms with van der Waals surface area (Å²) in [6.07, 6.45) is 8.76. The molecule has 2 aromatic rings. The number of amides is 1. The van der Waals surface area contributed by atoms with E-state index in [1.807, 2.05) is 18.5 Å². The Morgan fingerprint density at radius 3 is 3.29 bits per heavy atom. The molecule has 0 saturated heterocycles. The molecule has 1 aliphatic carbocycles. The van der Waals surface area contributed by atoms with Crippen LogP contribution in [0.25, 0.3) is 0 Å². The fourth-order valence-electron chi connectivity index (χ4n) is 2.70. The number of hydrogen-bond donors (Lipinski definition) is 2. The van der Waals surface area contributed by atoms with Crippen molar-refractivity contribution in [2.45, 2.75) is 31.8 Å². The lowest BCUT2D eigenvalue weighted by molar-refractivity contribution is -0.121. The highest BCUT2D eigenvalue weighted by atomic mass is 16.1. The van der Waals surface area contributed by atoms with Crippen molar-refractivity contribution in [2.24, 2.45) is 0 Å². The van der Waals surface area contributed by atoms with Gasteiger partial charge in [-0.15, -0.1) is 0 Å². The third-order valence-electron chi connectivity index (χ3n) is 3.75. The zero-order valence-corrected chi connectivity index (χ0v) is 12.0. The number of carbonyl (C=O) groups excluding carboxylic acids is 1. The number of hydrogen-bond acceptors (Lipinski definition) is 4. The lowest BCUT2D eigenvalue weighted by Gasteiger charge is -2.25. The van der Waals surface area contributed by atoms with Gasteiger partial charge in [0, 0.05) is 19.4 Å². The maximum atomic E-state index is 11.3. The van der Waals surface area contributed by atoms with Crippen LogP contribution in [0, 0.1) is 0 Å². The van der Waals surface area contributed by atoms with Gasteiger partial charge >= 0.3 is 0 Å². The average molecular weight is 285 g/mol. The van der Waals surface area contributed by atoms with E-state index in [0.29, 0.717) is 0 Å². The SMILES string of the molecule is CNC(=O)Cn1cc(NC2CCCc3cccnc32)cn1. The number of pyridine rings is 1. The van der Waals surface area contributed by atoms with Gasteiger partial charge in [0.1, 0.15) is 6.54 Å². The molecule has 21 heavy (non-hydrogen) atoms. The predicted octanol–water partition coefficient (Wildman–Crippen LogP) is 1.51. The van der Waals surface area contributed by atoms with Crippen molar-refractivity contribution in [3.05, 3.63) is 42.0 Å². The second kappa shape index (κ2) is 5.95. The van der Waals surface area contributed by atoms with Gasteiger partial charge in [0.25, 0.3) is 0 Å². The van der Waals surface area contributed by atoms with Gasteiger partial charge in [-0.3, -0.25) is 14.5 Å². The van der Waals surface area contributed by atoms with Gasteiger partial charge in [0.15, 0.2) is 0 Å². The van der Waals surface area contributed by atoms with Crippen molar-refractivity contribution in [1.82, 2.24) is 20.1 Å². The third-order valence-corrected chi connectivity index (χ3v) is 3.75. The lowest BCUT2D eigenvalue weighted by atomic mass is 9.92. The highest BCUT2D eigenvalue weighted by molar-refractivity contribution is 5.75. The first-order chi connectivity index (χ1) is 10.3. The fraction of sp³-hybridized carbons (Fsp3) is 0.400. The van der Waals surface area contributed by atoms with Crippen molar-refractivity contribution in [3.63, 3.8) is 0 Å². The Morgan fingerprint density at radius 2 is 2.43 bits per heavy atom. The number of nitrogens with one attached hydrogen (secondary N) is 2. The normalized spacial score (nSPS) is 17.1. The minimum absolute atomic E-state index is 0.0608. The summed E-state index contributed by atoms with van der Waals surface area (Å²) in [6, 6.07) is 4.35. The van der Waals surface area contributed by atoms with E-state index in [9.17, 15) is 4.79 Å². The first-order valence-corrected chi connectivity index (χ1v) is 7.19. The van der Waals surface area contributed by atoms with Crippen molar-refractivity contribution in [1.29, 1.82) is 0 Å². The number of fused-ring (bicyclic) bond motifs is 1. The Morgan fingerprint density at radius 1 is 1.52 bits per heavy atom. The Kier molecular flexibility index (Phi) is 3.85. The number of nitrogens with zero attached hydrogens (tertiary/aromatic N) is 3. The van der Waals surface area contributed by atoms with Gasteiger partial charge in [-0.2, -0.15) is 5.10 Å². The van der Waals surface area contributed by atoms with E-state index in [1.54, 1.807) is 17.9 Å². The quantitative estimate of drug-likeness (QED) is 0.893. The molecular weight excluding hydrogens is 266 g/mol. The molecule has 0 aliphatic heterocycles. The number of anilines is 1. The van der Waals surface area contributed by atoms with Crippen LogP contribution in [0.5, 0.6) is 0 Å². The van der Waals surface area contributed by atoms with Gasteiger partial charge < -0.3 is 10.6 Å². The van der Waals surface area contributed by atoms with Gasteiger partial charge in [0.05, 0.1) is 23.6 Å². The first kappa shape index (κ1) is 13.6. The summed E-state index contributed by atoms with van der Waals surface area (Å²) in [5, 5.41) is 10.3. The molecule has 2 aromatic heterocycles. The lowest BCUT2D eigenvalue weighted by Crippen LogP contribution is -2.23. The molecule has 3 rings (SSSR count). The van der Waals surface area contributed by atoms with E-state index in [1.165, 1.54) is 5.56 Å². The third kappa shape index (κ3) is 3.04. The minimum Gasteiger partial charge on any atom is -0.374 e. The smallest absolute Gasteiger partial charge is 0.241 e. The van der Waals surface area contributed by atoms with E-state index >= 15 is 0 Å². The van der Waals surface area contributed by atoms with Crippen molar-refractivity contribution in [2.75, 3.05) is 12.4 Å². The van der Waals surface area contributed by atoms with Crippen LogP contribution < -0.4 is 10.6 Å². The number of aryl methyl sites for hydroxylation is 1. The molecule has 0 fully saturated rings. The summed E-state index contributed by atoms with van der Waals surface area (Å²) >= 11 is 0. The highest BCUT2D eigenvalue weighted by Gasteiger charge is 2.21. The molecule has 110 valence electrons. The maximum Gasteiger partial charge on any atom is 0.241 e. The Labute approximate surface area is 123 Å². The Balaban J connectivity index is 1.72. The van der Waals surface area contributed by atoms with Crippen LogP contribution in [-0.2, 0) is 17.8 Å².